The van der Waals surface area contributed by atoms with E-state index < -0.39 is 44.9 Å². The predicted molar refractivity (Wildman–Crippen MR) is 85.5 cm³/mol. The second kappa shape index (κ2) is 4.22. The molecule has 0 aliphatic heterocycles. The van der Waals surface area contributed by atoms with E-state index in [0.717, 1.165) is 0 Å². The summed E-state index contributed by atoms with van der Waals surface area (Å²) in [5.74, 6) is -0.423. The van der Waals surface area contributed by atoms with E-state index in [9.17, 15) is 30.3 Å². The fraction of sp³-hybridized carbons (Fsp3) is 0.706. The Kier molecular flexibility index (Phi) is 3.06. The SMILES string of the molecule is Cc1c(O)c(=O)ccn1C[C@@]1(O)C(C)(C)[C@]1(O)[C@]1(O)C(O)C1(C)C. The maximum absolute atomic E-state index is 11.5. The standard InChI is InChI=1S/C17H25NO6/c1-9-11(20)10(19)6-7-18(9)8-15(22)14(4,5)17(15,24)16(23)12(21)13(16,2)3/h6-7,12,20-24H,8H2,1-5H3/t12?,15-,16+,17-/m1/s1. The smallest absolute Gasteiger partial charge is 0.223 e. The lowest BCUT2D eigenvalue weighted by molar-refractivity contribution is -0.111. The van der Waals surface area contributed by atoms with Crippen molar-refractivity contribution in [3.8, 4) is 5.75 Å². The minimum atomic E-state index is -1.93. The van der Waals surface area contributed by atoms with Crippen LogP contribution in [0.15, 0.2) is 17.1 Å². The summed E-state index contributed by atoms with van der Waals surface area (Å²) in [4.78, 5) is 11.5. The Morgan fingerprint density at radius 3 is 2.12 bits per heavy atom. The summed E-state index contributed by atoms with van der Waals surface area (Å²) in [6, 6.07) is 1.17. The van der Waals surface area contributed by atoms with Crippen molar-refractivity contribution in [3.05, 3.63) is 28.2 Å². The van der Waals surface area contributed by atoms with Gasteiger partial charge >= 0.3 is 0 Å². The number of hydrogen-bond acceptors (Lipinski definition) is 6. The summed E-state index contributed by atoms with van der Waals surface area (Å²) in [6.45, 7) is 7.87. The zero-order valence-corrected chi connectivity index (χ0v) is 14.5. The Labute approximate surface area is 139 Å². The van der Waals surface area contributed by atoms with Crippen molar-refractivity contribution in [1.29, 1.82) is 0 Å². The third-order valence-corrected chi connectivity index (χ3v) is 6.82. The highest BCUT2D eigenvalue weighted by molar-refractivity contribution is 5.47. The van der Waals surface area contributed by atoms with E-state index in [1.165, 1.54) is 23.8 Å². The Hall–Kier alpha value is -1.41. The molecule has 2 aliphatic carbocycles. The number of pyridine rings is 1. The Balaban J connectivity index is 2.04. The van der Waals surface area contributed by atoms with E-state index in [4.69, 9.17) is 0 Å². The van der Waals surface area contributed by atoms with Gasteiger partial charge in [0.1, 0.15) is 16.8 Å². The molecule has 1 aromatic rings. The molecule has 5 N–H and O–H groups in total. The summed E-state index contributed by atoms with van der Waals surface area (Å²) in [7, 11) is 0. The summed E-state index contributed by atoms with van der Waals surface area (Å²) >= 11 is 0. The number of aliphatic hydroxyl groups excluding tert-OH is 1. The topological polar surface area (TPSA) is 123 Å². The number of rotatable bonds is 3. The van der Waals surface area contributed by atoms with E-state index in [-0.39, 0.29) is 12.2 Å². The molecule has 2 saturated carbocycles. The third-order valence-electron chi connectivity index (χ3n) is 6.82. The maximum Gasteiger partial charge on any atom is 0.223 e. The monoisotopic (exact) mass is 339 g/mol. The first-order chi connectivity index (χ1) is 10.7. The fourth-order valence-electron chi connectivity index (χ4n) is 4.48. The van der Waals surface area contributed by atoms with E-state index >= 15 is 0 Å². The number of hydrogen-bond donors (Lipinski definition) is 5. The predicted octanol–water partition coefficient (Wildman–Crippen LogP) is -0.504. The summed E-state index contributed by atoms with van der Waals surface area (Å²) in [6.07, 6.45) is 0.259. The van der Waals surface area contributed by atoms with Gasteiger partial charge in [-0.3, -0.25) is 4.79 Å². The Morgan fingerprint density at radius 2 is 1.67 bits per heavy atom. The zero-order valence-electron chi connectivity index (χ0n) is 14.5. The molecule has 0 aromatic carbocycles. The van der Waals surface area contributed by atoms with Gasteiger partial charge in [-0.2, -0.15) is 0 Å². The Bertz CT molecular complexity index is 784. The molecule has 2 fully saturated rings. The van der Waals surface area contributed by atoms with Crippen LogP contribution in [0.1, 0.15) is 33.4 Å². The van der Waals surface area contributed by atoms with E-state index in [1.807, 2.05) is 0 Å². The fourth-order valence-corrected chi connectivity index (χ4v) is 4.48. The van der Waals surface area contributed by atoms with Crippen LogP contribution in [-0.2, 0) is 6.54 Å². The van der Waals surface area contributed by atoms with E-state index in [0.29, 0.717) is 0 Å². The Morgan fingerprint density at radius 1 is 1.17 bits per heavy atom. The number of aliphatic hydroxyl groups is 4. The summed E-state index contributed by atoms with van der Waals surface area (Å²) in [5.41, 5.74) is -7.84. The van der Waals surface area contributed by atoms with Crippen LogP contribution in [0.3, 0.4) is 0 Å². The molecule has 7 heteroatoms. The van der Waals surface area contributed by atoms with Gasteiger partial charge in [-0.05, 0) is 6.92 Å². The molecule has 1 aromatic heterocycles. The van der Waals surface area contributed by atoms with Gasteiger partial charge in [0.15, 0.2) is 5.75 Å². The second-order valence-electron chi connectivity index (χ2n) is 8.33. The summed E-state index contributed by atoms with van der Waals surface area (Å²) < 4.78 is 1.46. The van der Waals surface area contributed by atoms with Gasteiger partial charge in [0.25, 0.3) is 0 Å². The average molecular weight is 339 g/mol. The van der Waals surface area contributed by atoms with Crippen molar-refractivity contribution in [1.82, 2.24) is 4.57 Å². The first kappa shape index (κ1) is 17.4. The lowest BCUT2D eigenvalue weighted by Crippen LogP contribution is -2.46. The molecule has 0 saturated heterocycles. The summed E-state index contributed by atoms with van der Waals surface area (Å²) in [5, 5.41) is 53.1. The van der Waals surface area contributed by atoms with Crippen molar-refractivity contribution in [3.63, 3.8) is 0 Å². The zero-order chi connectivity index (χ0) is 18.5. The van der Waals surface area contributed by atoms with Crippen molar-refractivity contribution in [2.75, 3.05) is 0 Å². The number of aromatic hydroxyl groups is 1. The van der Waals surface area contributed by atoms with Crippen molar-refractivity contribution >= 4 is 0 Å². The minimum absolute atomic E-state index is 0.138. The van der Waals surface area contributed by atoms with Gasteiger partial charge in [-0.25, -0.2) is 0 Å². The lowest BCUT2D eigenvalue weighted by atomic mass is 9.93. The molecule has 0 spiro atoms. The first-order valence-electron chi connectivity index (χ1n) is 7.96. The minimum Gasteiger partial charge on any atom is -0.503 e. The highest BCUT2D eigenvalue weighted by atomic mass is 16.4. The van der Waals surface area contributed by atoms with Crippen LogP contribution in [0.5, 0.6) is 5.75 Å². The largest absolute Gasteiger partial charge is 0.503 e. The molecule has 0 amide bonds. The molecule has 1 unspecified atom stereocenters. The van der Waals surface area contributed by atoms with Gasteiger partial charge in [-0.1, -0.05) is 27.7 Å². The van der Waals surface area contributed by atoms with E-state index in [1.54, 1.807) is 27.7 Å². The van der Waals surface area contributed by atoms with Crippen LogP contribution in [0, 0.1) is 17.8 Å². The van der Waals surface area contributed by atoms with Crippen LogP contribution in [0.2, 0.25) is 0 Å². The maximum atomic E-state index is 11.5. The van der Waals surface area contributed by atoms with Crippen LogP contribution in [0.4, 0.5) is 0 Å². The molecule has 0 bridgehead atoms. The average Bonchev–Trinajstić information content (AvgIpc) is 3.07. The molecule has 7 nitrogen and oxygen atoms in total. The molecule has 134 valence electrons. The second-order valence-corrected chi connectivity index (χ2v) is 8.33. The quantitative estimate of drug-likeness (QED) is 0.506. The highest BCUT2D eigenvalue weighted by Gasteiger charge is 2.98. The molecule has 1 heterocycles. The van der Waals surface area contributed by atoms with Crippen LogP contribution >= 0.6 is 0 Å². The van der Waals surface area contributed by atoms with Crippen molar-refractivity contribution in [2.24, 2.45) is 10.8 Å². The normalized spacial score (nSPS) is 42.0. The molecule has 3 rings (SSSR count). The van der Waals surface area contributed by atoms with Crippen molar-refractivity contribution < 1.29 is 25.5 Å². The molecule has 24 heavy (non-hydrogen) atoms. The first-order valence-corrected chi connectivity index (χ1v) is 7.96. The molecule has 0 radical (unpaired) electrons. The van der Waals surface area contributed by atoms with Gasteiger partial charge in [0.2, 0.25) is 5.43 Å². The molecular weight excluding hydrogens is 314 g/mol. The van der Waals surface area contributed by atoms with Gasteiger partial charge in [-0.15, -0.1) is 0 Å². The van der Waals surface area contributed by atoms with Crippen LogP contribution < -0.4 is 5.43 Å². The van der Waals surface area contributed by atoms with E-state index in [2.05, 4.69) is 0 Å². The molecule has 4 atom stereocenters. The number of aromatic nitrogens is 1. The highest BCUT2D eigenvalue weighted by Crippen LogP contribution is 2.79. The van der Waals surface area contributed by atoms with Crippen LogP contribution in [-0.4, -0.2) is 53.0 Å². The van der Waals surface area contributed by atoms with Gasteiger partial charge in [0, 0.05) is 23.1 Å². The lowest BCUT2D eigenvalue weighted by Gasteiger charge is -2.26. The third kappa shape index (κ3) is 1.46. The number of nitrogens with zero attached hydrogens (tertiary/aromatic N) is 1. The van der Waals surface area contributed by atoms with Crippen LogP contribution in [0.25, 0.3) is 0 Å². The van der Waals surface area contributed by atoms with Gasteiger partial charge < -0.3 is 30.1 Å². The molecule has 2 aliphatic rings. The van der Waals surface area contributed by atoms with Crippen molar-refractivity contribution in [2.45, 2.75) is 64.1 Å². The molecular formula is C17H25NO6. The van der Waals surface area contributed by atoms with Gasteiger partial charge in [0.05, 0.1) is 18.3 Å².